The molecule has 0 aliphatic heterocycles. The van der Waals surface area contributed by atoms with E-state index in [1.54, 1.807) is 18.2 Å². The van der Waals surface area contributed by atoms with Gasteiger partial charge in [0, 0.05) is 0 Å². The fourth-order valence-electron chi connectivity index (χ4n) is 2.26. The van der Waals surface area contributed by atoms with Gasteiger partial charge >= 0.3 is 11.9 Å². The van der Waals surface area contributed by atoms with Crippen molar-refractivity contribution in [3.63, 3.8) is 0 Å². The van der Waals surface area contributed by atoms with Crippen molar-refractivity contribution in [2.45, 2.75) is 32.1 Å². The van der Waals surface area contributed by atoms with Crippen molar-refractivity contribution in [1.82, 2.24) is 0 Å². The highest BCUT2D eigenvalue weighted by Gasteiger charge is 2.50. The molecule has 1 aromatic rings. The van der Waals surface area contributed by atoms with E-state index < -0.39 is 23.1 Å². The van der Waals surface area contributed by atoms with E-state index in [1.165, 1.54) is 13.0 Å². The molecule has 0 aromatic heterocycles. The molecular weight excluding hydrogens is 248 g/mol. The Bertz CT molecular complexity index is 520. The van der Waals surface area contributed by atoms with Gasteiger partial charge in [0.15, 0.2) is 5.41 Å². The van der Waals surface area contributed by atoms with Crippen molar-refractivity contribution in [2.24, 2.45) is 0 Å². The van der Waals surface area contributed by atoms with Crippen LogP contribution in [0.25, 0.3) is 0 Å². The average Bonchev–Trinajstić information content (AvgIpc) is 2.40. The second-order valence-corrected chi connectivity index (χ2v) is 4.21. The van der Waals surface area contributed by atoms with Crippen LogP contribution in [0.4, 0.5) is 0 Å². The first-order chi connectivity index (χ1) is 8.91. The van der Waals surface area contributed by atoms with E-state index in [2.05, 4.69) is 0 Å². The molecule has 0 fully saturated rings. The molecule has 5 heteroatoms. The number of hydrogen-bond donors (Lipinski definition) is 2. The number of aliphatic carboxylic acids is 2. The molecule has 0 heterocycles. The molecule has 0 radical (unpaired) electrons. The van der Waals surface area contributed by atoms with E-state index in [0.29, 0.717) is 12.0 Å². The van der Waals surface area contributed by atoms with E-state index in [-0.39, 0.29) is 12.0 Å². The maximum absolute atomic E-state index is 11.9. The second kappa shape index (κ2) is 5.65. The standard InChI is InChI=1S/C14H16O5/c1-3-9-7-5-6-8-10(9)14(4-2,13(18)19)11(15)12(16)17/h5-8H,3-4H2,1-2H3,(H,16,17)(H,18,19). The first-order valence-corrected chi connectivity index (χ1v) is 6.01. The van der Waals surface area contributed by atoms with Gasteiger partial charge in [-0.15, -0.1) is 0 Å². The lowest BCUT2D eigenvalue weighted by atomic mass is 9.72. The first-order valence-electron chi connectivity index (χ1n) is 6.01. The van der Waals surface area contributed by atoms with Gasteiger partial charge in [0.25, 0.3) is 5.78 Å². The molecule has 0 spiro atoms. The minimum atomic E-state index is -2.02. The summed E-state index contributed by atoms with van der Waals surface area (Å²) in [5.74, 6) is -4.46. The summed E-state index contributed by atoms with van der Waals surface area (Å²) in [7, 11) is 0. The lowest BCUT2D eigenvalue weighted by Crippen LogP contribution is -2.47. The highest BCUT2D eigenvalue weighted by molar-refractivity contribution is 6.41. The van der Waals surface area contributed by atoms with Crippen LogP contribution in [0.1, 0.15) is 31.4 Å². The monoisotopic (exact) mass is 264 g/mol. The zero-order valence-electron chi connectivity index (χ0n) is 10.8. The molecule has 0 aliphatic carbocycles. The Hall–Kier alpha value is -2.17. The number of Topliss-reactive ketones (excluding diaryl/α,β-unsaturated/α-hetero) is 1. The fraction of sp³-hybridized carbons (Fsp3) is 0.357. The summed E-state index contributed by atoms with van der Waals surface area (Å²) in [6, 6.07) is 6.56. The van der Waals surface area contributed by atoms with Gasteiger partial charge in [0.05, 0.1) is 0 Å². The third-order valence-corrected chi connectivity index (χ3v) is 3.34. The van der Waals surface area contributed by atoms with Crippen molar-refractivity contribution in [3.8, 4) is 0 Å². The maximum atomic E-state index is 11.9. The van der Waals surface area contributed by atoms with Gasteiger partial charge in [-0.1, -0.05) is 38.1 Å². The van der Waals surface area contributed by atoms with E-state index in [4.69, 9.17) is 5.11 Å². The normalized spacial score (nSPS) is 13.6. The van der Waals surface area contributed by atoms with E-state index in [0.717, 1.165) is 0 Å². The van der Waals surface area contributed by atoms with E-state index in [9.17, 15) is 19.5 Å². The summed E-state index contributed by atoms with van der Waals surface area (Å²) in [6.07, 6.45) is 0.419. The Morgan fingerprint density at radius 2 is 1.68 bits per heavy atom. The molecule has 0 aliphatic rings. The molecule has 0 saturated carbocycles. The number of benzene rings is 1. The maximum Gasteiger partial charge on any atom is 0.373 e. The molecule has 19 heavy (non-hydrogen) atoms. The van der Waals surface area contributed by atoms with E-state index >= 15 is 0 Å². The average molecular weight is 264 g/mol. The van der Waals surface area contributed by atoms with Crippen LogP contribution in [0.2, 0.25) is 0 Å². The third kappa shape index (κ3) is 2.36. The largest absolute Gasteiger partial charge is 0.480 e. The third-order valence-electron chi connectivity index (χ3n) is 3.34. The van der Waals surface area contributed by atoms with Crippen molar-refractivity contribution in [2.75, 3.05) is 0 Å². The summed E-state index contributed by atoms with van der Waals surface area (Å²) in [5, 5.41) is 18.3. The highest BCUT2D eigenvalue weighted by atomic mass is 16.4. The molecule has 5 nitrogen and oxygen atoms in total. The van der Waals surface area contributed by atoms with Crippen LogP contribution in [-0.4, -0.2) is 27.9 Å². The van der Waals surface area contributed by atoms with Crippen molar-refractivity contribution >= 4 is 17.7 Å². The molecular formula is C14H16O5. The molecule has 1 atom stereocenters. The zero-order valence-corrected chi connectivity index (χ0v) is 10.8. The number of aryl methyl sites for hydroxylation is 1. The van der Waals surface area contributed by atoms with Crippen LogP contribution < -0.4 is 0 Å². The molecule has 1 aromatic carbocycles. The van der Waals surface area contributed by atoms with Crippen molar-refractivity contribution < 1.29 is 24.6 Å². The Labute approximate surface area is 110 Å². The number of carboxylic acids is 2. The summed E-state index contributed by atoms with van der Waals surface area (Å²) in [5.41, 5.74) is -1.08. The zero-order chi connectivity index (χ0) is 14.6. The Balaban J connectivity index is 3.60. The van der Waals surface area contributed by atoms with Gasteiger partial charge < -0.3 is 10.2 Å². The van der Waals surface area contributed by atoms with Crippen molar-refractivity contribution in [3.05, 3.63) is 35.4 Å². The fourth-order valence-corrected chi connectivity index (χ4v) is 2.26. The minimum absolute atomic E-state index is 0.107. The molecule has 102 valence electrons. The lowest BCUT2D eigenvalue weighted by molar-refractivity contribution is -0.159. The summed E-state index contributed by atoms with van der Waals surface area (Å²) in [6.45, 7) is 3.33. The Morgan fingerprint density at radius 3 is 2.11 bits per heavy atom. The Kier molecular flexibility index (Phi) is 4.43. The SMILES string of the molecule is CCc1ccccc1C(CC)(C(=O)O)C(=O)C(=O)O. The van der Waals surface area contributed by atoms with Gasteiger partial charge in [0.1, 0.15) is 0 Å². The predicted octanol–water partition coefficient (Wildman–Crippen LogP) is 1.64. The summed E-state index contributed by atoms with van der Waals surface area (Å²) < 4.78 is 0. The van der Waals surface area contributed by atoms with Gasteiger partial charge in [-0.3, -0.25) is 9.59 Å². The van der Waals surface area contributed by atoms with Gasteiger partial charge in [-0.25, -0.2) is 4.79 Å². The topological polar surface area (TPSA) is 91.7 Å². The smallest absolute Gasteiger partial charge is 0.373 e. The molecule has 1 unspecified atom stereocenters. The number of carbonyl (C=O) groups excluding carboxylic acids is 1. The van der Waals surface area contributed by atoms with Crippen LogP contribution in [0.15, 0.2) is 24.3 Å². The van der Waals surface area contributed by atoms with Crippen LogP contribution >= 0.6 is 0 Å². The molecule has 0 bridgehead atoms. The van der Waals surface area contributed by atoms with Crippen LogP contribution in [0, 0.1) is 0 Å². The van der Waals surface area contributed by atoms with Crippen LogP contribution in [-0.2, 0) is 26.2 Å². The molecule has 0 amide bonds. The second-order valence-electron chi connectivity index (χ2n) is 4.21. The predicted molar refractivity (Wildman–Crippen MR) is 68.1 cm³/mol. The van der Waals surface area contributed by atoms with Crippen LogP contribution in [0.5, 0.6) is 0 Å². The highest BCUT2D eigenvalue weighted by Crippen LogP contribution is 2.32. The summed E-state index contributed by atoms with van der Waals surface area (Å²) >= 11 is 0. The first kappa shape index (κ1) is 14.9. The van der Waals surface area contributed by atoms with Gasteiger partial charge in [-0.2, -0.15) is 0 Å². The van der Waals surface area contributed by atoms with Crippen LogP contribution in [0.3, 0.4) is 0 Å². The van der Waals surface area contributed by atoms with Crippen molar-refractivity contribution in [1.29, 1.82) is 0 Å². The summed E-state index contributed by atoms with van der Waals surface area (Å²) in [4.78, 5) is 34.5. The lowest BCUT2D eigenvalue weighted by Gasteiger charge is -2.27. The number of ketones is 1. The Morgan fingerprint density at radius 1 is 1.11 bits per heavy atom. The minimum Gasteiger partial charge on any atom is -0.480 e. The number of rotatable bonds is 6. The number of hydrogen-bond acceptors (Lipinski definition) is 3. The number of carbonyl (C=O) groups is 3. The van der Waals surface area contributed by atoms with Gasteiger partial charge in [-0.05, 0) is 24.0 Å². The van der Waals surface area contributed by atoms with E-state index in [1.807, 2.05) is 6.92 Å². The van der Waals surface area contributed by atoms with Gasteiger partial charge in [0.2, 0.25) is 0 Å². The quantitative estimate of drug-likeness (QED) is 0.602. The number of carboxylic acid groups (broad SMARTS) is 2. The molecule has 0 saturated heterocycles. The molecule has 1 rings (SSSR count). The molecule has 2 N–H and O–H groups in total.